The van der Waals surface area contributed by atoms with Crippen LogP contribution in [0.3, 0.4) is 0 Å². The van der Waals surface area contributed by atoms with Crippen LogP contribution in [0.1, 0.15) is 32.3 Å². The minimum atomic E-state index is -0.597. The van der Waals surface area contributed by atoms with Crippen LogP contribution in [0, 0.1) is 6.92 Å². The molecule has 5 aromatic rings. The first-order chi connectivity index (χ1) is 23.3. The summed E-state index contributed by atoms with van der Waals surface area (Å²) in [6.07, 6.45) is 1.64. The third-order valence-corrected chi connectivity index (χ3v) is 8.55. The topological polar surface area (TPSA) is 106 Å². The summed E-state index contributed by atoms with van der Waals surface area (Å²) in [6, 6.07) is 38.2. The summed E-state index contributed by atoms with van der Waals surface area (Å²) in [7, 11) is 3.10. The Hall–Kier alpha value is -5.80. The van der Waals surface area contributed by atoms with Crippen LogP contribution in [0.25, 0.3) is 6.08 Å². The molecule has 5 aromatic carbocycles. The predicted molar refractivity (Wildman–Crippen MR) is 191 cm³/mol. The Balaban J connectivity index is 1.34. The van der Waals surface area contributed by atoms with Crippen LogP contribution in [-0.2, 0) is 9.59 Å². The van der Waals surface area contributed by atoms with E-state index in [1.807, 2.05) is 79.7 Å². The molecule has 0 bridgehead atoms. The van der Waals surface area contributed by atoms with Crippen molar-refractivity contribution in [3.8, 4) is 11.5 Å². The lowest BCUT2D eigenvalue weighted by atomic mass is 10.1. The molecule has 5 rings (SSSR count). The predicted octanol–water partition coefficient (Wildman–Crippen LogP) is 7.89. The third-order valence-electron chi connectivity index (χ3n) is 7.29. The maximum Gasteiger partial charge on any atom is 0.272 e. The molecule has 3 amide bonds. The van der Waals surface area contributed by atoms with E-state index in [9.17, 15) is 14.4 Å². The number of nitrogens with one attached hydrogen (secondary N) is 3. The summed E-state index contributed by atoms with van der Waals surface area (Å²) in [5.74, 6) is -0.0159. The van der Waals surface area contributed by atoms with E-state index in [1.165, 1.54) is 11.8 Å². The van der Waals surface area contributed by atoms with Gasteiger partial charge in [0.2, 0.25) is 5.91 Å². The lowest BCUT2D eigenvalue weighted by molar-refractivity contribution is -0.116. The van der Waals surface area contributed by atoms with Crippen molar-refractivity contribution >= 4 is 46.9 Å². The Labute approximate surface area is 284 Å². The molecule has 0 aliphatic heterocycles. The van der Waals surface area contributed by atoms with E-state index in [1.54, 1.807) is 74.9 Å². The van der Waals surface area contributed by atoms with Crippen LogP contribution < -0.4 is 25.4 Å². The molecule has 0 saturated carbocycles. The SMILES string of the molecule is COc1ccc(OC)c(NC(=O)C(Sc2ccc(NC(=O)/C(=C/c3ccc(C)cc3)NC(=O)c3ccccc3)cc2)c2ccccc2)c1. The first kappa shape index (κ1) is 33.6. The normalized spacial score (nSPS) is 11.6. The lowest BCUT2D eigenvalue weighted by Crippen LogP contribution is -2.30. The maximum absolute atomic E-state index is 13.7. The van der Waals surface area contributed by atoms with Gasteiger partial charge in [-0.1, -0.05) is 78.4 Å². The second-order valence-electron chi connectivity index (χ2n) is 10.7. The summed E-state index contributed by atoms with van der Waals surface area (Å²) in [5.41, 5.74) is 4.21. The van der Waals surface area contributed by atoms with E-state index < -0.39 is 17.1 Å². The summed E-state index contributed by atoms with van der Waals surface area (Å²) < 4.78 is 10.8. The molecule has 0 aliphatic carbocycles. The number of carbonyl (C=O) groups excluding carboxylic acids is 3. The van der Waals surface area contributed by atoms with E-state index >= 15 is 0 Å². The van der Waals surface area contributed by atoms with Crippen LogP contribution >= 0.6 is 11.8 Å². The summed E-state index contributed by atoms with van der Waals surface area (Å²) in [5, 5.41) is 8.05. The molecule has 0 aliphatic rings. The Bertz CT molecular complexity index is 1890. The monoisotopic (exact) mass is 657 g/mol. The summed E-state index contributed by atoms with van der Waals surface area (Å²) >= 11 is 1.37. The largest absolute Gasteiger partial charge is 0.497 e. The van der Waals surface area contributed by atoms with Gasteiger partial charge in [-0.05, 0) is 72.7 Å². The molecule has 1 atom stereocenters. The highest BCUT2D eigenvalue weighted by Crippen LogP contribution is 2.38. The molecule has 0 spiro atoms. The average molecular weight is 658 g/mol. The van der Waals surface area contributed by atoms with Crippen LogP contribution in [0.5, 0.6) is 11.5 Å². The van der Waals surface area contributed by atoms with Crippen molar-refractivity contribution in [2.45, 2.75) is 17.1 Å². The minimum Gasteiger partial charge on any atom is -0.497 e. The number of rotatable bonds is 12. The van der Waals surface area contributed by atoms with Crippen LogP contribution in [0.15, 0.2) is 138 Å². The Morgan fingerprint density at radius 3 is 2.04 bits per heavy atom. The summed E-state index contributed by atoms with van der Waals surface area (Å²) in [6.45, 7) is 1.98. The summed E-state index contributed by atoms with van der Waals surface area (Å²) in [4.78, 5) is 41.0. The maximum atomic E-state index is 13.7. The van der Waals surface area contributed by atoms with Crippen LogP contribution in [-0.4, -0.2) is 31.9 Å². The quantitative estimate of drug-likeness (QED) is 0.0931. The fraction of sp³-hybridized carbons (Fsp3) is 0.103. The second kappa shape index (κ2) is 16.2. The molecule has 0 saturated heterocycles. The molecule has 0 aromatic heterocycles. The highest BCUT2D eigenvalue weighted by atomic mass is 32.2. The van der Waals surface area contributed by atoms with Crippen molar-refractivity contribution < 1.29 is 23.9 Å². The third kappa shape index (κ3) is 8.92. The molecule has 8 nitrogen and oxygen atoms in total. The van der Waals surface area contributed by atoms with Gasteiger partial charge >= 0.3 is 0 Å². The van der Waals surface area contributed by atoms with Crippen molar-refractivity contribution in [2.24, 2.45) is 0 Å². The van der Waals surface area contributed by atoms with Crippen LogP contribution in [0.2, 0.25) is 0 Å². The number of amides is 3. The standard InChI is InChI=1S/C39H35N3O5S/c1-26-14-16-27(17-15-26)24-34(42-37(43)29-12-8-5-9-13-29)38(44)40-30-18-21-32(22-19-30)48-36(28-10-6-4-7-11-28)39(45)41-33-25-31(46-2)20-23-35(33)47-3/h4-25,36H,1-3H3,(H,40,44)(H,41,45)(H,42,43)/b34-24-. The van der Waals surface area contributed by atoms with Gasteiger partial charge in [0.1, 0.15) is 22.4 Å². The first-order valence-electron chi connectivity index (χ1n) is 15.1. The number of ether oxygens (including phenoxy) is 2. The van der Waals surface area contributed by atoms with Crippen molar-refractivity contribution in [1.29, 1.82) is 0 Å². The molecular weight excluding hydrogens is 623 g/mol. The lowest BCUT2D eigenvalue weighted by Gasteiger charge is -2.19. The van der Waals surface area contributed by atoms with Gasteiger partial charge in [-0.25, -0.2) is 0 Å². The number of aryl methyl sites for hydroxylation is 1. The first-order valence-corrected chi connectivity index (χ1v) is 16.0. The van der Waals surface area contributed by atoms with Crippen molar-refractivity contribution in [3.05, 3.63) is 155 Å². The molecule has 0 heterocycles. The highest BCUT2D eigenvalue weighted by molar-refractivity contribution is 8.00. The van der Waals surface area contributed by atoms with Crippen molar-refractivity contribution in [3.63, 3.8) is 0 Å². The zero-order valence-corrected chi connectivity index (χ0v) is 27.5. The number of carbonyl (C=O) groups is 3. The molecule has 242 valence electrons. The smallest absolute Gasteiger partial charge is 0.272 e. The van der Waals surface area contributed by atoms with Gasteiger partial charge in [-0.15, -0.1) is 11.8 Å². The van der Waals surface area contributed by atoms with Crippen molar-refractivity contribution in [2.75, 3.05) is 24.9 Å². The molecule has 9 heteroatoms. The van der Waals surface area contributed by atoms with Crippen molar-refractivity contribution in [1.82, 2.24) is 5.32 Å². The van der Waals surface area contributed by atoms with E-state index in [2.05, 4.69) is 16.0 Å². The van der Waals surface area contributed by atoms with E-state index in [0.29, 0.717) is 28.4 Å². The fourth-order valence-electron chi connectivity index (χ4n) is 4.73. The van der Waals surface area contributed by atoms with Gasteiger partial charge in [0.25, 0.3) is 11.8 Å². The average Bonchev–Trinajstić information content (AvgIpc) is 3.12. The number of methoxy groups -OCH3 is 2. The number of thioether (sulfide) groups is 1. The molecule has 3 N–H and O–H groups in total. The molecule has 1 unspecified atom stereocenters. The number of hydrogen-bond acceptors (Lipinski definition) is 6. The Kier molecular flexibility index (Phi) is 11.3. The van der Waals surface area contributed by atoms with Gasteiger partial charge in [-0.2, -0.15) is 0 Å². The zero-order chi connectivity index (χ0) is 33.9. The molecule has 48 heavy (non-hydrogen) atoms. The number of anilines is 2. The highest BCUT2D eigenvalue weighted by Gasteiger charge is 2.24. The van der Waals surface area contributed by atoms with Gasteiger partial charge in [0, 0.05) is 22.2 Å². The van der Waals surface area contributed by atoms with Gasteiger partial charge in [0.05, 0.1) is 19.9 Å². The Morgan fingerprint density at radius 1 is 0.729 bits per heavy atom. The van der Waals surface area contributed by atoms with Gasteiger partial charge < -0.3 is 25.4 Å². The van der Waals surface area contributed by atoms with Gasteiger partial charge in [-0.3, -0.25) is 14.4 Å². The van der Waals surface area contributed by atoms with E-state index in [4.69, 9.17) is 9.47 Å². The second-order valence-corrected chi connectivity index (χ2v) is 11.9. The molecule has 0 fully saturated rings. The van der Waals surface area contributed by atoms with Crippen LogP contribution in [0.4, 0.5) is 11.4 Å². The van der Waals surface area contributed by atoms with E-state index in [-0.39, 0.29) is 11.6 Å². The number of benzene rings is 5. The fourth-order valence-corrected chi connectivity index (χ4v) is 5.76. The molecular formula is C39H35N3O5S. The van der Waals surface area contributed by atoms with Gasteiger partial charge in [0.15, 0.2) is 0 Å². The molecule has 0 radical (unpaired) electrons. The Morgan fingerprint density at radius 2 is 1.40 bits per heavy atom. The van der Waals surface area contributed by atoms with E-state index in [0.717, 1.165) is 21.6 Å². The number of hydrogen-bond donors (Lipinski definition) is 3. The minimum absolute atomic E-state index is 0.0972. The zero-order valence-electron chi connectivity index (χ0n) is 26.7.